The molecule has 0 aromatic heterocycles. The van der Waals surface area contributed by atoms with Crippen molar-refractivity contribution in [2.75, 3.05) is 13.7 Å². The second-order valence-corrected chi connectivity index (χ2v) is 3.18. The van der Waals surface area contributed by atoms with Gasteiger partial charge in [0.1, 0.15) is 12.4 Å². The van der Waals surface area contributed by atoms with Gasteiger partial charge in [-0.3, -0.25) is 0 Å². The Morgan fingerprint density at radius 2 is 1.83 bits per heavy atom. The van der Waals surface area contributed by atoms with E-state index in [1.165, 1.54) is 13.2 Å². The molecule has 0 fully saturated rings. The number of hydrogen-bond donors (Lipinski definition) is 0. The van der Waals surface area contributed by atoms with Crippen LogP contribution in [-0.2, 0) is 0 Å². The standard InChI is InChI=1S/C9H9BF5O2.K/c1-16-6-2-3-8(17-5-9(11)12)7(4-6)10(13,14)15;/h2-4,9H,5H2,1H3;/q-1;+1. The van der Waals surface area contributed by atoms with Crippen LogP contribution in [0.2, 0.25) is 0 Å². The van der Waals surface area contributed by atoms with E-state index in [0.29, 0.717) is 0 Å². The molecule has 0 spiro atoms. The van der Waals surface area contributed by atoms with E-state index in [-0.39, 0.29) is 57.1 Å². The summed E-state index contributed by atoms with van der Waals surface area (Å²) in [6.45, 7) is -6.42. The molecule has 96 valence electrons. The van der Waals surface area contributed by atoms with Crippen molar-refractivity contribution in [3.8, 4) is 11.5 Å². The quantitative estimate of drug-likeness (QED) is 0.533. The topological polar surface area (TPSA) is 18.5 Å². The zero-order chi connectivity index (χ0) is 13.1. The van der Waals surface area contributed by atoms with Crippen LogP contribution in [0.1, 0.15) is 0 Å². The Morgan fingerprint density at radius 1 is 1.22 bits per heavy atom. The van der Waals surface area contributed by atoms with Gasteiger partial charge in [0.25, 0.3) is 6.43 Å². The van der Waals surface area contributed by atoms with E-state index in [1.54, 1.807) is 0 Å². The minimum absolute atomic E-state index is 0. The van der Waals surface area contributed by atoms with E-state index in [2.05, 4.69) is 9.47 Å². The molecule has 0 aliphatic heterocycles. The molecule has 0 saturated heterocycles. The summed E-state index contributed by atoms with van der Waals surface area (Å²) in [6, 6.07) is 2.90. The Morgan fingerprint density at radius 3 is 2.28 bits per heavy atom. The molecule has 1 rings (SSSR count). The third-order valence-corrected chi connectivity index (χ3v) is 1.93. The first-order chi connectivity index (χ1) is 7.84. The van der Waals surface area contributed by atoms with E-state index in [1.807, 2.05) is 0 Å². The normalized spacial score (nSPS) is 11.1. The van der Waals surface area contributed by atoms with Crippen LogP contribution in [0.15, 0.2) is 18.2 Å². The molecule has 0 bridgehead atoms. The summed E-state index contributed by atoms with van der Waals surface area (Å²) >= 11 is 0. The van der Waals surface area contributed by atoms with Crippen LogP contribution in [0, 0.1) is 0 Å². The van der Waals surface area contributed by atoms with Crippen LogP contribution in [0.3, 0.4) is 0 Å². The Labute approximate surface area is 143 Å². The Hall–Kier alpha value is 0.171. The van der Waals surface area contributed by atoms with Gasteiger partial charge in [-0.1, -0.05) is 5.46 Å². The number of halogens is 5. The maximum absolute atomic E-state index is 12.6. The number of benzene rings is 1. The summed E-state index contributed by atoms with van der Waals surface area (Å²) in [5, 5.41) is 0. The summed E-state index contributed by atoms with van der Waals surface area (Å²) in [7, 11) is 1.21. The fourth-order valence-corrected chi connectivity index (χ4v) is 1.19. The molecular formula is C9H9BF5KO2. The van der Waals surface area contributed by atoms with Crippen molar-refractivity contribution in [3.63, 3.8) is 0 Å². The number of rotatable bonds is 5. The van der Waals surface area contributed by atoms with Gasteiger partial charge in [-0.05, 0) is 18.2 Å². The van der Waals surface area contributed by atoms with E-state index in [4.69, 9.17) is 0 Å². The maximum Gasteiger partial charge on any atom is 1.00 e. The van der Waals surface area contributed by atoms with Gasteiger partial charge in [-0.2, -0.15) is 0 Å². The Kier molecular flexibility index (Phi) is 7.76. The molecule has 0 aliphatic carbocycles. The predicted molar refractivity (Wildman–Crippen MR) is 53.2 cm³/mol. The molecule has 1 aromatic carbocycles. The first kappa shape index (κ1) is 18.2. The molecule has 0 atom stereocenters. The predicted octanol–water partition coefficient (Wildman–Crippen LogP) is -0.603. The fraction of sp³-hybridized carbons (Fsp3) is 0.333. The fourth-order valence-electron chi connectivity index (χ4n) is 1.19. The largest absolute Gasteiger partial charge is 1.00 e. The van der Waals surface area contributed by atoms with E-state index < -0.39 is 31.2 Å². The van der Waals surface area contributed by atoms with Crippen LogP contribution in [0.4, 0.5) is 21.7 Å². The molecule has 1 aromatic rings. The summed E-state index contributed by atoms with van der Waals surface area (Å²) in [5.74, 6) is -0.623. The average molecular weight is 294 g/mol. The van der Waals surface area contributed by atoms with Crippen LogP contribution in [0.5, 0.6) is 11.5 Å². The van der Waals surface area contributed by atoms with Crippen molar-refractivity contribution in [1.29, 1.82) is 0 Å². The molecule has 18 heavy (non-hydrogen) atoms. The van der Waals surface area contributed by atoms with Crippen molar-refractivity contribution in [3.05, 3.63) is 18.2 Å². The zero-order valence-electron chi connectivity index (χ0n) is 9.80. The number of methoxy groups -OCH3 is 1. The molecule has 2 nitrogen and oxygen atoms in total. The van der Waals surface area contributed by atoms with Crippen LogP contribution in [-0.4, -0.2) is 27.1 Å². The molecule has 0 radical (unpaired) electrons. The average Bonchev–Trinajstić information content (AvgIpc) is 2.24. The van der Waals surface area contributed by atoms with Gasteiger partial charge in [0.15, 0.2) is 0 Å². The number of ether oxygens (including phenoxy) is 2. The van der Waals surface area contributed by atoms with Gasteiger partial charge in [0.05, 0.1) is 12.9 Å². The summed E-state index contributed by atoms with van der Waals surface area (Å²) in [5.41, 5.74) is -1.08. The van der Waals surface area contributed by atoms with Gasteiger partial charge in [0, 0.05) is 0 Å². The second kappa shape index (κ2) is 7.69. The molecule has 0 heterocycles. The SMILES string of the molecule is COc1ccc(OCC(F)F)c([B-](F)(F)F)c1.[K+]. The van der Waals surface area contributed by atoms with Crippen molar-refractivity contribution in [1.82, 2.24) is 0 Å². The minimum atomic E-state index is -5.35. The second-order valence-electron chi connectivity index (χ2n) is 3.18. The monoisotopic (exact) mass is 294 g/mol. The minimum Gasteiger partial charge on any atom is -0.497 e. The van der Waals surface area contributed by atoms with Crippen molar-refractivity contribution in [2.45, 2.75) is 6.43 Å². The van der Waals surface area contributed by atoms with Crippen LogP contribution < -0.4 is 66.3 Å². The summed E-state index contributed by atoms with van der Waals surface area (Å²) in [6.07, 6.45) is -2.83. The molecular weight excluding hydrogens is 285 g/mol. The molecule has 0 saturated carbocycles. The Bertz CT molecular complexity index is 386. The number of hydrogen-bond acceptors (Lipinski definition) is 2. The van der Waals surface area contributed by atoms with Crippen molar-refractivity contribution >= 4 is 12.4 Å². The zero-order valence-corrected chi connectivity index (χ0v) is 12.9. The van der Waals surface area contributed by atoms with E-state index in [0.717, 1.165) is 12.1 Å². The maximum atomic E-state index is 12.6. The van der Waals surface area contributed by atoms with Gasteiger partial charge >= 0.3 is 58.4 Å². The molecule has 0 unspecified atom stereocenters. The smallest absolute Gasteiger partial charge is 0.497 e. The third kappa shape index (κ3) is 5.43. The summed E-state index contributed by atoms with van der Waals surface area (Å²) < 4.78 is 70.7. The molecule has 9 heteroatoms. The van der Waals surface area contributed by atoms with Gasteiger partial charge in [-0.15, -0.1) is 0 Å². The van der Waals surface area contributed by atoms with Crippen molar-refractivity contribution in [2.24, 2.45) is 0 Å². The van der Waals surface area contributed by atoms with Gasteiger partial charge in [0.2, 0.25) is 0 Å². The summed E-state index contributed by atoms with van der Waals surface area (Å²) in [4.78, 5) is 0. The first-order valence-electron chi connectivity index (χ1n) is 4.63. The van der Waals surface area contributed by atoms with Gasteiger partial charge < -0.3 is 22.4 Å². The number of alkyl halides is 2. The molecule has 0 amide bonds. The molecule has 0 aliphatic rings. The van der Waals surface area contributed by atoms with E-state index >= 15 is 0 Å². The van der Waals surface area contributed by atoms with Gasteiger partial charge in [-0.25, -0.2) is 8.78 Å². The van der Waals surface area contributed by atoms with E-state index in [9.17, 15) is 21.7 Å². The first-order valence-corrected chi connectivity index (χ1v) is 4.63. The third-order valence-electron chi connectivity index (χ3n) is 1.93. The molecule has 0 N–H and O–H groups in total. The Balaban J connectivity index is 0.00000289. The van der Waals surface area contributed by atoms with Crippen LogP contribution >= 0.6 is 0 Å². The van der Waals surface area contributed by atoms with Crippen LogP contribution in [0.25, 0.3) is 0 Å². The van der Waals surface area contributed by atoms with Crippen molar-refractivity contribution < 1.29 is 82.6 Å².